The molecule has 2 aliphatic rings. The van der Waals surface area contributed by atoms with Crippen LogP contribution in [0.5, 0.6) is 0 Å². The van der Waals surface area contributed by atoms with Crippen molar-refractivity contribution in [1.29, 1.82) is 0 Å². The van der Waals surface area contributed by atoms with Crippen LogP contribution in [0.15, 0.2) is 18.2 Å². The van der Waals surface area contributed by atoms with Gasteiger partial charge in [-0.15, -0.1) is 0 Å². The molecule has 1 N–H and O–H groups in total. The van der Waals surface area contributed by atoms with Crippen molar-refractivity contribution in [2.75, 3.05) is 44.7 Å². The molecule has 136 valence electrons. The number of amides is 3. The van der Waals surface area contributed by atoms with E-state index in [4.69, 9.17) is 4.74 Å². The molecule has 2 heterocycles. The summed E-state index contributed by atoms with van der Waals surface area (Å²) in [5.41, 5.74) is 2.99. The molecule has 25 heavy (non-hydrogen) atoms. The minimum absolute atomic E-state index is 0.101. The number of anilines is 1. The van der Waals surface area contributed by atoms with Crippen molar-refractivity contribution in [2.24, 2.45) is 5.92 Å². The summed E-state index contributed by atoms with van der Waals surface area (Å²) < 4.78 is 5.32. The smallest absolute Gasteiger partial charge is 0.321 e. The van der Waals surface area contributed by atoms with Gasteiger partial charge in [-0.2, -0.15) is 0 Å². The van der Waals surface area contributed by atoms with E-state index in [2.05, 4.69) is 5.32 Å². The Bertz CT molecular complexity index is 641. The lowest BCUT2D eigenvalue weighted by atomic mass is 9.96. The quantitative estimate of drug-likeness (QED) is 0.895. The normalized spacial score (nSPS) is 21.1. The fourth-order valence-corrected chi connectivity index (χ4v) is 3.47. The third kappa shape index (κ3) is 4.31. The molecule has 0 aromatic heterocycles. The van der Waals surface area contributed by atoms with Crippen LogP contribution in [-0.4, -0.2) is 61.1 Å². The van der Waals surface area contributed by atoms with Crippen molar-refractivity contribution in [2.45, 2.75) is 26.7 Å². The van der Waals surface area contributed by atoms with Gasteiger partial charge in [-0.05, 0) is 43.9 Å². The summed E-state index contributed by atoms with van der Waals surface area (Å²) in [7, 11) is 0. The van der Waals surface area contributed by atoms with Crippen molar-refractivity contribution in [1.82, 2.24) is 9.80 Å². The van der Waals surface area contributed by atoms with Crippen molar-refractivity contribution in [3.05, 3.63) is 29.3 Å². The molecule has 0 spiro atoms. The zero-order valence-electron chi connectivity index (χ0n) is 15.1. The minimum Gasteiger partial charge on any atom is -0.378 e. The van der Waals surface area contributed by atoms with E-state index in [1.165, 1.54) is 0 Å². The number of piperidine rings is 1. The van der Waals surface area contributed by atoms with Gasteiger partial charge in [0.15, 0.2) is 0 Å². The van der Waals surface area contributed by atoms with Crippen LogP contribution in [0.1, 0.15) is 24.0 Å². The van der Waals surface area contributed by atoms with Crippen molar-refractivity contribution in [3.63, 3.8) is 0 Å². The number of carbonyl (C=O) groups is 2. The first-order valence-corrected chi connectivity index (χ1v) is 9.04. The summed E-state index contributed by atoms with van der Waals surface area (Å²) in [6, 6.07) is 5.90. The number of likely N-dealkylation sites (tertiary alicyclic amines) is 1. The maximum Gasteiger partial charge on any atom is 0.321 e. The average Bonchev–Trinajstić information content (AvgIpc) is 2.65. The number of morpholine rings is 1. The second-order valence-corrected chi connectivity index (χ2v) is 6.97. The first-order chi connectivity index (χ1) is 12.0. The molecule has 0 unspecified atom stereocenters. The van der Waals surface area contributed by atoms with Crippen molar-refractivity contribution < 1.29 is 14.3 Å². The molecule has 0 aliphatic carbocycles. The first kappa shape index (κ1) is 17.7. The maximum atomic E-state index is 12.7. The molecule has 1 aromatic rings. The Labute approximate surface area is 149 Å². The molecule has 2 saturated heterocycles. The summed E-state index contributed by atoms with van der Waals surface area (Å²) in [4.78, 5) is 29.0. The Kier molecular flexibility index (Phi) is 5.58. The number of hydrogen-bond donors (Lipinski definition) is 1. The molecule has 3 amide bonds. The fourth-order valence-electron chi connectivity index (χ4n) is 3.47. The fraction of sp³-hybridized carbons (Fsp3) is 0.579. The van der Waals surface area contributed by atoms with Crippen LogP contribution in [0.25, 0.3) is 0 Å². The van der Waals surface area contributed by atoms with Gasteiger partial charge in [0.25, 0.3) is 0 Å². The maximum absolute atomic E-state index is 12.7. The Hall–Kier alpha value is -2.08. The van der Waals surface area contributed by atoms with Gasteiger partial charge in [-0.25, -0.2) is 4.79 Å². The average molecular weight is 345 g/mol. The lowest BCUT2D eigenvalue weighted by molar-refractivity contribution is -0.141. The van der Waals surface area contributed by atoms with Gasteiger partial charge in [0.2, 0.25) is 5.91 Å². The van der Waals surface area contributed by atoms with Crippen molar-refractivity contribution in [3.8, 4) is 0 Å². The lowest BCUT2D eigenvalue weighted by Gasteiger charge is -2.36. The van der Waals surface area contributed by atoms with E-state index >= 15 is 0 Å². The molecule has 1 atom stereocenters. The van der Waals surface area contributed by atoms with Gasteiger partial charge in [0.05, 0.1) is 19.1 Å². The third-order valence-electron chi connectivity index (χ3n) is 5.02. The second-order valence-electron chi connectivity index (χ2n) is 6.97. The zero-order chi connectivity index (χ0) is 17.8. The highest BCUT2D eigenvalue weighted by Crippen LogP contribution is 2.22. The molecule has 3 rings (SSSR count). The molecule has 6 heteroatoms. The highest BCUT2D eigenvalue weighted by atomic mass is 16.5. The SMILES string of the molecule is Cc1ccc(C)c(NC(=O)N2CCC[C@H](C(=O)N3CCOCC3)C2)c1. The molecular weight excluding hydrogens is 318 g/mol. The molecule has 0 bridgehead atoms. The van der Waals surface area contributed by atoms with E-state index in [9.17, 15) is 9.59 Å². The van der Waals surface area contributed by atoms with Crippen LogP contribution in [0.3, 0.4) is 0 Å². The summed E-state index contributed by atoms with van der Waals surface area (Å²) in [6.07, 6.45) is 1.71. The summed E-state index contributed by atoms with van der Waals surface area (Å²) in [5.74, 6) is 0.0590. The monoisotopic (exact) mass is 345 g/mol. The van der Waals surface area contributed by atoms with E-state index < -0.39 is 0 Å². The number of rotatable bonds is 2. The number of nitrogens with zero attached hydrogens (tertiary/aromatic N) is 2. The molecule has 6 nitrogen and oxygen atoms in total. The molecule has 2 fully saturated rings. The van der Waals surface area contributed by atoms with Crippen LogP contribution in [0, 0.1) is 19.8 Å². The Balaban J connectivity index is 1.61. The van der Waals surface area contributed by atoms with E-state index in [1.807, 2.05) is 36.9 Å². The Morgan fingerprint density at radius 2 is 1.88 bits per heavy atom. The number of benzene rings is 1. The second kappa shape index (κ2) is 7.87. The predicted octanol–water partition coefficient (Wildman–Crippen LogP) is 2.41. The first-order valence-electron chi connectivity index (χ1n) is 9.04. The molecule has 2 aliphatic heterocycles. The number of aryl methyl sites for hydroxylation is 2. The topological polar surface area (TPSA) is 61.9 Å². The van der Waals surface area contributed by atoms with Gasteiger partial charge in [-0.3, -0.25) is 4.79 Å². The van der Waals surface area contributed by atoms with E-state index in [0.717, 1.165) is 29.7 Å². The van der Waals surface area contributed by atoms with Crippen LogP contribution in [0.4, 0.5) is 10.5 Å². The van der Waals surface area contributed by atoms with Gasteiger partial charge >= 0.3 is 6.03 Å². The van der Waals surface area contributed by atoms with Gasteiger partial charge in [-0.1, -0.05) is 12.1 Å². The number of ether oxygens (including phenoxy) is 1. The third-order valence-corrected chi connectivity index (χ3v) is 5.02. The van der Waals surface area contributed by atoms with E-state index in [1.54, 1.807) is 4.90 Å². The van der Waals surface area contributed by atoms with Crippen molar-refractivity contribution >= 4 is 17.6 Å². The summed E-state index contributed by atoms with van der Waals surface area (Å²) in [5, 5.41) is 3.00. The minimum atomic E-state index is -0.117. The van der Waals surface area contributed by atoms with Crippen LogP contribution < -0.4 is 5.32 Å². The van der Waals surface area contributed by atoms with Gasteiger partial charge in [0, 0.05) is 31.9 Å². The molecule has 0 saturated carbocycles. The number of urea groups is 1. The molecule has 0 radical (unpaired) electrons. The highest BCUT2D eigenvalue weighted by Gasteiger charge is 2.31. The summed E-state index contributed by atoms with van der Waals surface area (Å²) >= 11 is 0. The largest absolute Gasteiger partial charge is 0.378 e. The lowest BCUT2D eigenvalue weighted by Crippen LogP contribution is -2.50. The van der Waals surface area contributed by atoms with Crippen LogP contribution >= 0.6 is 0 Å². The van der Waals surface area contributed by atoms with Gasteiger partial charge in [0.1, 0.15) is 0 Å². The van der Waals surface area contributed by atoms with E-state index in [-0.39, 0.29) is 17.9 Å². The molecule has 1 aromatic carbocycles. The van der Waals surface area contributed by atoms with Gasteiger partial charge < -0.3 is 19.9 Å². The highest BCUT2D eigenvalue weighted by molar-refractivity contribution is 5.91. The Morgan fingerprint density at radius 1 is 1.12 bits per heavy atom. The number of carbonyl (C=O) groups excluding carboxylic acids is 2. The predicted molar refractivity (Wildman–Crippen MR) is 96.6 cm³/mol. The summed E-state index contributed by atoms with van der Waals surface area (Å²) in [6.45, 7) is 7.71. The van der Waals surface area contributed by atoms with Crippen LogP contribution in [-0.2, 0) is 9.53 Å². The van der Waals surface area contributed by atoms with Crippen LogP contribution in [0.2, 0.25) is 0 Å². The standard InChI is InChI=1S/C19H27N3O3/c1-14-5-6-15(2)17(12-14)20-19(24)22-7-3-4-16(13-22)18(23)21-8-10-25-11-9-21/h5-6,12,16H,3-4,7-11,13H2,1-2H3,(H,20,24)/t16-/m0/s1. The Morgan fingerprint density at radius 3 is 2.64 bits per heavy atom. The zero-order valence-corrected chi connectivity index (χ0v) is 15.1. The molecular formula is C19H27N3O3. The number of hydrogen-bond acceptors (Lipinski definition) is 3. The van der Waals surface area contributed by atoms with E-state index in [0.29, 0.717) is 39.4 Å². The number of nitrogens with one attached hydrogen (secondary N) is 1.